The van der Waals surface area contributed by atoms with Gasteiger partial charge in [0.2, 0.25) is 5.91 Å². The fourth-order valence-corrected chi connectivity index (χ4v) is 3.33. The van der Waals surface area contributed by atoms with Crippen LogP contribution in [0, 0.1) is 0 Å². The van der Waals surface area contributed by atoms with Crippen LogP contribution in [0.25, 0.3) is 5.69 Å². The van der Waals surface area contributed by atoms with E-state index in [-0.39, 0.29) is 5.91 Å². The number of aryl methyl sites for hydroxylation is 1. The molecule has 4 heteroatoms. The van der Waals surface area contributed by atoms with Crippen LogP contribution in [0.15, 0.2) is 67.0 Å². The minimum Gasteiger partial charge on any atom is -0.338 e. The van der Waals surface area contributed by atoms with Crippen LogP contribution >= 0.6 is 0 Å². The van der Waals surface area contributed by atoms with Crippen LogP contribution in [0.1, 0.15) is 23.1 Å². The molecule has 25 heavy (non-hydrogen) atoms. The molecule has 0 saturated heterocycles. The number of hydrogen-bond acceptors (Lipinski definition) is 2. The number of carbonyl (C=O) groups excluding carboxylic acids is 1. The van der Waals surface area contributed by atoms with Gasteiger partial charge < -0.3 is 4.90 Å². The lowest BCUT2D eigenvalue weighted by molar-refractivity contribution is -0.132. The molecule has 0 aliphatic carbocycles. The molecule has 2 heterocycles. The number of carbonyl (C=O) groups is 1. The van der Waals surface area contributed by atoms with Crippen LogP contribution in [-0.2, 0) is 24.2 Å². The van der Waals surface area contributed by atoms with E-state index in [9.17, 15) is 4.79 Å². The lowest BCUT2D eigenvalue weighted by Gasteiger charge is -2.28. The monoisotopic (exact) mass is 331 g/mol. The van der Waals surface area contributed by atoms with Crippen molar-refractivity contribution >= 4 is 5.91 Å². The maximum atomic E-state index is 12.6. The fourth-order valence-electron chi connectivity index (χ4n) is 3.33. The minimum absolute atomic E-state index is 0.224. The predicted octanol–water partition coefficient (Wildman–Crippen LogP) is 3.39. The summed E-state index contributed by atoms with van der Waals surface area (Å²) in [7, 11) is 0. The summed E-state index contributed by atoms with van der Waals surface area (Å²) in [5.41, 5.74) is 4.78. The average molecular weight is 331 g/mol. The van der Waals surface area contributed by atoms with Crippen LogP contribution in [-0.4, -0.2) is 27.1 Å². The SMILES string of the molecule is O=C(CCc1cnn(-c2ccccc2)c1)N1CCc2ccccc2C1. The zero-order valence-corrected chi connectivity index (χ0v) is 14.1. The summed E-state index contributed by atoms with van der Waals surface area (Å²) < 4.78 is 1.86. The van der Waals surface area contributed by atoms with E-state index < -0.39 is 0 Å². The molecule has 0 bridgehead atoms. The number of benzene rings is 2. The zero-order chi connectivity index (χ0) is 17.1. The second kappa shape index (κ2) is 6.93. The molecular weight excluding hydrogens is 310 g/mol. The number of para-hydroxylation sites is 1. The zero-order valence-electron chi connectivity index (χ0n) is 14.1. The second-order valence-corrected chi connectivity index (χ2v) is 6.46. The number of amides is 1. The molecule has 126 valence electrons. The molecule has 4 rings (SSSR count). The summed E-state index contributed by atoms with van der Waals surface area (Å²) in [5, 5.41) is 4.40. The van der Waals surface area contributed by atoms with Gasteiger partial charge in [0.1, 0.15) is 0 Å². The highest BCUT2D eigenvalue weighted by molar-refractivity contribution is 5.76. The summed E-state index contributed by atoms with van der Waals surface area (Å²) in [6.07, 6.45) is 6.07. The van der Waals surface area contributed by atoms with E-state index in [1.807, 2.05) is 58.4 Å². The first-order valence-electron chi connectivity index (χ1n) is 8.73. The van der Waals surface area contributed by atoms with E-state index in [2.05, 4.69) is 23.3 Å². The fraction of sp³-hybridized carbons (Fsp3) is 0.238. The highest BCUT2D eigenvalue weighted by Crippen LogP contribution is 2.19. The smallest absolute Gasteiger partial charge is 0.223 e. The largest absolute Gasteiger partial charge is 0.338 e. The van der Waals surface area contributed by atoms with Gasteiger partial charge in [-0.15, -0.1) is 0 Å². The van der Waals surface area contributed by atoms with Gasteiger partial charge in [-0.2, -0.15) is 5.10 Å². The lowest BCUT2D eigenvalue weighted by atomic mass is 9.99. The predicted molar refractivity (Wildman–Crippen MR) is 97.4 cm³/mol. The quantitative estimate of drug-likeness (QED) is 0.735. The first-order chi connectivity index (χ1) is 12.3. The molecule has 2 aromatic carbocycles. The van der Waals surface area contributed by atoms with Crippen molar-refractivity contribution in [3.8, 4) is 5.69 Å². The summed E-state index contributed by atoms with van der Waals surface area (Å²) >= 11 is 0. The molecule has 3 aromatic rings. The average Bonchev–Trinajstić information content (AvgIpc) is 3.15. The Morgan fingerprint density at radius 3 is 2.60 bits per heavy atom. The molecular formula is C21H21N3O. The van der Waals surface area contributed by atoms with Gasteiger partial charge in [0, 0.05) is 25.7 Å². The lowest BCUT2D eigenvalue weighted by Crippen LogP contribution is -2.36. The Kier molecular flexibility index (Phi) is 4.34. The van der Waals surface area contributed by atoms with Crippen molar-refractivity contribution in [3.63, 3.8) is 0 Å². The highest BCUT2D eigenvalue weighted by Gasteiger charge is 2.20. The standard InChI is InChI=1S/C21H21N3O/c25-21(23-13-12-18-6-4-5-7-19(18)16-23)11-10-17-14-22-24(15-17)20-8-2-1-3-9-20/h1-9,14-15H,10-13,16H2. The van der Waals surface area contributed by atoms with Crippen molar-refractivity contribution in [2.45, 2.75) is 25.8 Å². The van der Waals surface area contributed by atoms with Crippen molar-refractivity contribution in [2.75, 3.05) is 6.54 Å². The Morgan fingerprint density at radius 2 is 1.76 bits per heavy atom. The Balaban J connectivity index is 1.36. The number of aromatic nitrogens is 2. The van der Waals surface area contributed by atoms with Crippen LogP contribution in [0.2, 0.25) is 0 Å². The van der Waals surface area contributed by atoms with Gasteiger partial charge in [-0.25, -0.2) is 4.68 Å². The first kappa shape index (κ1) is 15.6. The van der Waals surface area contributed by atoms with Crippen LogP contribution in [0.5, 0.6) is 0 Å². The van der Waals surface area contributed by atoms with Crippen LogP contribution in [0.4, 0.5) is 0 Å². The van der Waals surface area contributed by atoms with Gasteiger partial charge >= 0.3 is 0 Å². The summed E-state index contributed by atoms with van der Waals surface area (Å²) in [6, 6.07) is 18.4. The van der Waals surface area contributed by atoms with Crippen LogP contribution < -0.4 is 0 Å². The highest BCUT2D eigenvalue weighted by atomic mass is 16.2. The second-order valence-electron chi connectivity index (χ2n) is 6.46. The third-order valence-electron chi connectivity index (χ3n) is 4.77. The molecule has 0 atom stereocenters. The van der Waals surface area contributed by atoms with Gasteiger partial charge in [0.15, 0.2) is 0 Å². The molecule has 0 radical (unpaired) electrons. The van der Waals surface area contributed by atoms with E-state index >= 15 is 0 Å². The van der Waals surface area contributed by atoms with Crippen molar-refractivity contribution < 1.29 is 4.79 Å². The summed E-state index contributed by atoms with van der Waals surface area (Å²) in [5.74, 6) is 0.224. The number of fused-ring (bicyclic) bond motifs is 1. The minimum atomic E-state index is 0.224. The van der Waals surface area contributed by atoms with E-state index in [1.165, 1.54) is 11.1 Å². The van der Waals surface area contributed by atoms with Gasteiger partial charge in [0.25, 0.3) is 0 Å². The number of nitrogens with zero attached hydrogens (tertiary/aromatic N) is 3. The Morgan fingerprint density at radius 1 is 1.00 bits per heavy atom. The topological polar surface area (TPSA) is 38.1 Å². The molecule has 4 nitrogen and oxygen atoms in total. The van der Waals surface area contributed by atoms with Crippen molar-refractivity contribution in [1.29, 1.82) is 0 Å². The van der Waals surface area contributed by atoms with Gasteiger partial charge in [-0.3, -0.25) is 4.79 Å². The molecule has 0 N–H and O–H groups in total. The van der Waals surface area contributed by atoms with Gasteiger partial charge in [-0.1, -0.05) is 42.5 Å². The van der Waals surface area contributed by atoms with Crippen molar-refractivity contribution in [2.24, 2.45) is 0 Å². The summed E-state index contributed by atoms with van der Waals surface area (Å²) in [4.78, 5) is 14.5. The Hall–Kier alpha value is -2.88. The van der Waals surface area contributed by atoms with E-state index in [0.717, 1.165) is 37.2 Å². The molecule has 0 unspecified atom stereocenters. The van der Waals surface area contributed by atoms with Crippen molar-refractivity contribution in [1.82, 2.24) is 14.7 Å². The first-order valence-corrected chi connectivity index (χ1v) is 8.73. The Bertz CT molecular complexity index is 870. The molecule has 1 aliphatic rings. The molecule has 0 saturated carbocycles. The van der Waals surface area contributed by atoms with E-state index in [0.29, 0.717) is 6.42 Å². The maximum Gasteiger partial charge on any atom is 0.223 e. The maximum absolute atomic E-state index is 12.6. The molecule has 1 amide bonds. The number of hydrogen-bond donors (Lipinski definition) is 0. The van der Waals surface area contributed by atoms with Gasteiger partial charge in [0.05, 0.1) is 11.9 Å². The molecule has 1 aromatic heterocycles. The molecule has 0 fully saturated rings. The third kappa shape index (κ3) is 3.48. The molecule has 1 aliphatic heterocycles. The van der Waals surface area contributed by atoms with E-state index in [4.69, 9.17) is 0 Å². The normalized spacial score (nSPS) is 13.5. The summed E-state index contributed by atoms with van der Waals surface area (Å²) in [6.45, 7) is 1.55. The number of rotatable bonds is 4. The van der Waals surface area contributed by atoms with Gasteiger partial charge in [-0.05, 0) is 41.7 Å². The Labute approximate surface area is 147 Å². The van der Waals surface area contributed by atoms with Crippen LogP contribution in [0.3, 0.4) is 0 Å². The third-order valence-corrected chi connectivity index (χ3v) is 4.77. The van der Waals surface area contributed by atoms with Crippen molar-refractivity contribution in [3.05, 3.63) is 83.7 Å². The molecule has 0 spiro atoms. The van der Waals surface area contributed by atoms with E-state index in [1.54, 1.807) is 0 Å².